The Morgan fingerprint density at radius 1 is 1.00 bits per heavy atom. The standard InChI is InChI=1S/C14H12FN/c1-8-4-2-5-9-12(8)13-10(14(9)16)6-3-7-11(13)15/h2-7,14H,16H2,1H3. The summed E-state index contributed by atoms with van der Waals surface area (Å²) in [7, 11) is 0. The molecule has 0 fully saturated rings. The van der Waals surface area contributed by atoms with Crippen LogP contribution in [0.15, 0.2) is 36.4 Å². The predicted octanol–water partition coefficient (Wildman–Crippen LogP) is 3.16. The van der Waals surface area contributed by atoms with E-state index in [9.17, 15) is 4.39 Å². The SMILES string of the molecule is Cc1cccc2c1-c1c(F)cccc1C2N. The lowest BCUT2D eigenvalue weighted by Gasteiger charge is -2.06. The van der Waals surface area contributed by atoms with Crippen molar-refractivity contribution in [3.8, 4) is 11.1 Å². The van der Waals surface area contributed by atoms with E-state index in [1.54, 1.807) is 6.07 Å². The van der Waals surface area contributed by atoms with Crippen molar-refractivity contribution < 1.29 is 4.39 Å². The van der Waals surface area contributed by atoms with Gasteiger partial charge in [0.25, 0.3) is 0 Å². The van der Waals surface area contributed by atoms with Gasteiger partial charge in [0.2, 0.25) is 0 Å². The summed E-state index contributed by atoms with van der Waals surface area (Å²) in [5.74, 6) is -0.180. The zero-order valence-corrected chi connectivity index (χ0v) is 9.00. The van der Waals surface area contributed by atoms with Gasteiger partial charge in [0.15, 0.2) is 0 Å². The molecular formula is C14H12FN. The Labute approximate surface area is 93.7 Å². The Hall–Kier alpha value is -1.67. The molecule has 0 heterocycles. The van der Waals surface area contributed by atoms with Crippen molar-refractivity contribution in [2.45, 2.75) is 13.0 Å². The minimum absolute atomic E-state index is 0.180. The zero-order chi connectivity index (χ0) is 11.3. The Kier molecular flexibility index (Phi) is 1.88. The molecule has 0 aliphatic heterocycles. The van der Waals surface area contributed by atoms with Gasteiger partial charge in [-0.05, 0) is 35.2 Å². The lowest BCUT2D eigenvalue weighted by Crippen LogP contribution is -2.07. The minimum Gasteiger partial charge on any atom is -0.320 e. The van der Waals surface area contributed by atoms with Crippen LogP contribution in [0.4, 0.5) is 4.39 Å². The molecule has 1 atom stereocenters. The Morgan fingerprint density at radius 2 is 1.62 bits per heavy atom. The van der Waals surface area contributed by atoms with Gasteiger partial charge in [0, 0.05) is 5.56 Å². The molecule has 80 valence electrons. The molecule has 2 N–H and O–H groups in total. The van der Waals surface area contributed by atoms with Gasteiger partial charge in [0.1, 0.15) is 5.82 Å². The van der Waals surface area contributed by atoms with Crippen LogP contribution in [0.3, 0.4) is 0 Å². The summed E-state index contributed by atoms with van der Waals surface area (Å²) >= 11 is 0. The number of benzene rings is 2. The molecule has 1 unspecified atom stereocenters. The largest absolute Gasteiger partial charge is 0.320 e. The van der Waals surface area contributed by atoms with Gasteiger partial charge in [-0.3, -0.25) is 0 Å². The van der Waals surface area contributed by atoms with Crippen LogP contribution in [0.1, 0.15) is 22.7 Å². The molecule has 0 spiro atoms. The molecule has 2 aromatic carbocycles. The third-order valence-electron chi connectivity index (χ3n) is 3.27. The fourth-order valence-corrected chi connectivity index (χ4v) is 2.52. The maximum absolute atomic E-state index is 13.9. The summed E-state index contributed by atoms with van der Waals surface area (Å²) in [6, 6.07) is 10.9. The second-order valence-corrected chi connectivity index (χ2v) is 4.22. The molecule has 16 heavy (non-hydrogen) atoms. The van der Waals surface area contributed by atoms with Gasteiger partial charge < -0.3 is 5.73 Å². The van der Waals surface area contributed by atoms with Crippen LogP contribution in [0, 0.1) is 12.7 Å². The van der Waals surface area contributed by atoms with Crippen LogP contribution in [-0.2, 0) is 0 Å². The van der Waals surface area contributed by atoms with E-state index in [1.165, 1.54) is 6.07 Å². The minimum atomic E-state index is -0.194. The van der Waals surface area contributed by atoms with E-state index in [-0.39, 0.29) is 11.9 Å². The van der Waals surface area contributed by atoms with Crippen LogP contribution in [0.5, 0.6) is 0 Å². The molecule has 3 rings (SSSR count). The summed E-state index contributed by atoms with van der Waals surface area (Å²) in [5.41, 5.74) is 10.8. The molecule has 1 nitrogen and oxygen atoms in total. The average Bonchev–Trinajstić information content (AvgIpc) is 2.56. The molecule has 0 saturated heterocycles. The lowest BCUT2D eigenvalue weighted by atomic mass is 10.0. The van der Waals surface area contributed by atoms with Gasteiger partial charge in [0.05, 0.1) is 6.04 Å². The number of hydrogen-bond acceptors (Lipinski definition) is 1. The first-order chi connectivity index (χ1) is 7.70. The first-order valence-corrected chi connectivity index (χ1v) is 5.34. The molecule has 1 aliphatic carbocycles. The zero-order valence-electron chi connectivity index (χ0n) is 9.00. The topological polar surface area (TPSA) is 26.0 Å². The van der Waals surface area contributed by atoms with E-state index in [0.29, 0.717) is 5.56 Å². The van der Waals surface area contributed by atoms with Crippen LogP contribution in [-0.4, -0.2) is 0 Å². The number of nitrogens with two attached hydrogens (primary N) is 1. The van der Waals surface area contributed by atoms with Crippen LogP contribution in [0.2, 0.25) is 0 Å². The predicted molar refractivity (Wildman–Crippen MR) is 62.6 cm³/mol. The molecule has 0 saturated carbocycles. The summed E-state index contributed by atoms with van der Waals surface area (Å²) in [4.78, 5) is 0. The van der Waals surface area contributed by atoms with Crippen molar-refractivity contribution in [2.75, 3.05) is 0 Å². The monoisotopic (exact) mass is 213 g/mol. The van der Waals surface area contributed by atoms with E-state index in [2.05, 4.69) is 0 Å². The van der Waals surface area contributed by atoms with E-state index >= 15 is 0 Å². The van der Waals surface area contributed by atoms with Gasteiger partial charge in [-0.1, -0.05) is 30.3 Å². The van der Waals surface area contributed by atoms with E-state index < -0.39 is 0 Å². The van der Waals surface area contributed by atoms with E-state index in [1.807, 2.05) is 31.2 Å². The Morgan fingerprint density at radius 3 is 2.38 bits per heavy atom. The second-order valence-electron chi connectivity index (χ2n) is 4.22. The molecule has 0 bridgehead atoms. The highest BCUT2D eigenvalue weighted by atomic mass is 19.1. The number of halogens is 1. The van der Waals surface area contributed by atoms with Gasteiger partial charge in [-0.25, -0.2) is 4.39 Å². The Balaban J connectivity index is 2.43. The quantitative estimate of drug-likeness (QED) is 0.714. The maximum atomic E-state index is 13.9. The van der Waals surface area contributed by atoms with Crippen molar-refractivity contribution in [3.63, 3.8) is 0 Å². The van der Waals surface area contributed by atoms with E-state index in [4.69, 9.17) is 5.73 Å². The molecule has 2 heteroatoms. The molecule has 0 aromatic heterocycles. The average molecular weight is 213 g/mol. The van der Waals surface area contributed by atoms with Crippen LogP contribution < -0.4 is 5.73 Å². The molecule has 1 aliphatic rings. The summed E-state index contributed by atoms with van der Waals surface area (Å²) in [6.07, 6.45) is 0. The number of aryl methyl sites for hydroxylation is 1. The third-order valence-corrected chi connectivity index (χ3v) is 3.27. The fraction of sp³-hybridized carbons (Fsp3) is 0.143. The smallest absolute Gasteiger partial charge is 0.131 e. The summed E-state index contributed by atoms with van der Waals surface area (Å²) in [6.45, 7) is 1.99. The second kappa shape index (κ2) is 3.16. The number of rotatable bonds is 0. The van der Waals surface area contributed by atoms with E-state index in [0.717, 1.165) is 22.3 Å². The van der Waals surface area contributed by atoms with Gasteiger partial charge >= 0.3 is 0 Å². The van der Waals surface area contributed by atoms with Gasteiger partial charge in [-0.15, -0.1) is 0 Å². The first-order valence-electron chi connectivity index (χ1n) is 5.34. The first kappa shape index (κ1) is 9.55. The summed E-state index contributed by atoms with van der Waals surface area (Å²) < 4.78 is 13.9. The normalized spacial score (nSPS) is 17.1. The van der Waals surface area contributed by atoms with Crippen molar-refractivity contribution in [1.82, 2.24) is 0 Å². The molecule has 0 radical (unpaired) electrons. The van der Waals surface area contributed by atoms with Crippen LogP contribution in [0.25, 0.3) is 11.1 Å². The van der Waals surface area contributed by atoms with Crippen molar-refractivity contribution >= 4 is 0 Å². The highest BCUT2D eigenvalue weighted by Crippen LogP contribution is 2.44. The van der Waals surface area contributed by atoms with Crippen molar-refractivity contribution in [1.29, 1.82) is 0 Å². The number of fused-ring (bicyclic) bond motifs is 3. The van der Waals surface area contributed by atoms with Crippen LogP contribution >= 0.6 is 0 Å². The Bertz CT molecular complexity index is 523. The van der Waals surface area contributed by atoms with Crippen molar-refractivity contribution in [3.05, 3.63) is 58.9 Å². The van der Waals surface area contributed by atoms with Gasteiger partial charge in [-0.2, -0.15) is 0 Å². The molecular weight excluding hydrogens is 201 g/mol. The van der Waals surface area contributed by atoms with Crippen molar-refractivity contribution in [2.24, 2.45) is 5.73 Å². The summed E-state index contributed by atoms with van der Waals surface area (Å²) in [5, 5.41) is 0. The highest BCUT2D eigenvalue weighted by molar-refractivity contribution is 5.81. The maximum Gasteiger partial charge on any atom is 0.131 e. The lowest BCUT2D eigenvalue weighted by molar-refractivity contribution is 0.630. The number of hydrogen-bond donors (Lipinski definition) is 1. The molecule has 0 amide bonds. The third kappa shape index (κ3) is 1.08. The fourth-order valence-electron chi connectivity index (χ4n) is 2.52. The highest BCUT2D eigenvalue weighted by Gasteiger charge is 2.28. The molecule has 2 aromatic rings.